The monoisotopic (exact) mass is 328 g/mol. The van der Waals surface area contributed by atoms with Crippen LogP contribution < -0.4 is 10.1 Å². The quantitative estimate of drug-likeness (QED) is 0.938. The Balaban J connectivity index is 1.81. The van der Waals surface area contributed by atoms with Gasteiger partial charge in [0.15, 0.2) is 0 Å². The molecule has 24 heavy (non-hydrogen) atoms. The number of halogens is 1. The summed E-state index contributed by atoms with van der Waals surface area (Å²) in [5.41, 5.74) is 1.82. The smallest absolute Gasteiger partial charge is 0.227 e. The zero-order valence-electron chi connectivity index (χ0n) is 13.7. The molecule has 1 atom stereocenters. The SMILES string of the molecule is COc1ccccc1C1CNCCN1C(=O)Cc1ccc(F)cc1. The summed E-state index contributed by atoms with van der Waals surface area (Å²) in [4.78, 5) is 14.7. The summed E-state index contributed by atoms with van der Waals surface area (Å²) in [6.07, 6.45) is 0.270. The molecule has 1 heterocycles. The van der Waals surface area contributed by atoms with Crippen LogP contribution in [0.15, 0.2) is 48.5 Å². The number of hydrogen-bond acceptors (Lipinski definition) is 3. The first kappa shape index (κ1) is 16.5. The molecule has 1 N–H and O–H groups in total. The highest BCUT2D eigenvalue weighted by molar-refractivity contribution is 5.79. The molecule has 2 aromatic rings. The molecular formula is C19H21FN2O2. The lowest BCUT2D eigenvalue weighted by molar-refractivity contribution is -0.133. The fourth-order valence-electron chi connectivity index (χ4n) is 3.10. The summed E-state index contributed by atoms with van der Waals surface area (Å²) >= 11 is 0. The summed E-state index contributed by atoms with van der Waals surface area (Å²) in [5.74, 6) is 0.532. The molecule has 4 nitrogen and oxygen atoms in total. The molecule has 1 saturated heterocycles. The summed E-state index contributed by atoms with van der Waals surface area (Å²) < 4.78 is 18.5. The summed E-state index contributed by atoms with van der Waals surface area (Å²) in [5, 5.41) is 3.34. The third kappa shape index (κ3) is 3.57. The number of para-hydroxylation sites is 1. The van der Waals surface area contributed by atoms with E-state index >= 15 is 0 Å². The first-order valence-electron chi connectivity index (χ1n) is 8.06. The van der Waals surface area contributed by atoms with Crippen molar-refractivity contribution in [2.45, 2.75) is 12.5 Å². The summed E-state index contributed by atoms with van der Waals surface area (Å²) in [6, 6.07) is 13.8. The largest absolute Gasteiger partial charge is 0.496 e. The minimum atomic E-state index is -0.291. The van der Waals surface area contributed by atoms with Gasteiger partial charge in [-0.15, -0.1) is 0 Å². The molecule has 0 aliphatic carbocycles. The van der Waals surface area contributed by atoms with Gasteiger partial charge >= 0.3 is 0 Å². The molecule has 126 valence electrons. The maximum atomic E-state index is 13.0. The number of benzene rings is 2. The molecule has 1 aliphatic rings. The van der Waals surface area contributed by atoms with E-state index < -0.39 is 0 Å². The van der Waals surface area contributed by atoms with Gasteiger partial charge in [0.25, 0.3) is 0 Å². The van der Waals surface area contributed by atoms with Gasteiger partial charge in [-0.25, -0.2) is 4.39 Å². The first-order chi connectivity index (χ1) is 11.7. The minimum Gasteiger partial charge on any atom is -0.496 e. The Morgan fingerprint density at radius 3 is 2.75 bits per heavy atom. The lowest BCUT2D eigenvalue weighted by Gasteiger charge is -2.37. The standard InChI is InChI=1S/C19H21FN2O2/c1-24-18-5-3-2-4-16(18)17-13-21-10-11-22(17)19(23)12-14-6-8-15(20)9-7-14/h2-9,17,21H,10-13H2,1H3. The average molecular weight is 328 g/mol. The Hall–Kier alpha value is -2.40. The zero-order chi connectivity index (χ0) is 16.9. The van der Waals surface area contributed by atoms with Crippen LogP contribution in [0.3, 0.4) is 0 Å². The van der Waals surface area contributed by atoms with Gasteiger partial charge in [0.2, 0.25) is 5.91 Å². The van der Waals surface area contributed by atoms with E-state index in [1.165, 1.54) is 12.1 Å². The third-order valence-corrected chi connectivity index (χ3v) is 4.33. The fourth-order valence-corrected chi connectivity index (χ4v) is 3.10. The predicted molar refractivity (Wildman–Crippen MR) is 90.4 cm³/mol. The molecule has 1 amide bonds. The van der Waals surface area contributed by atoms with Gasteiger partial charge in [-0.1, -0.05) is 30.3 Å². The Bertz CT molecular complexity index is 703. The molecule has 2 aromatic carbocycles. The first-order valence-corrected chi connectivity index (χ1v) is 8.06. The van der Waals surface area contributed by atoms with Gasteiger partial charge in [0, 0.05) is 25.2 Å². The van der Waals surface area contributed by atoms with Crippen LogP contribution in [0.5, 0.6) is 5.75 Å². The number of methoxy groups -OCH3 is 1. The van der Waals surface area contributed by atoms with Crippen LogP contribution in [0.1, 0.15) is 17.2 Å². The van der Waals surface area contributed by atoms with Gasteiger partial charge in [-0.05, 0) is 23.8 Å². The number of piperazine rings is 1. The van der Waals surface area contributed by atoms with E-state index in [1.807, 2.05) is 29.2 Å². The number of hydrogen-bond donors (Lipinski definition) is 1. The van der Waals surface area contributed by atoms with E-state index in [9.17, 15) is 9.18 Å². The van der Waals surface area contributed by atoms with Gasteiger partial charge in [0.1, 0.15) is 11.6 Å². The normalized spacial score (nSPS) is 17.6. The molecule has 1 unspecified atom stereocenters. The van der Waals surface area contributed by atoms with Crippen LogP contribution in [0.25, 0.3) is 0 Å². The molecule has 1 aliphatic heterocycles. The number of rotatable bonds is 4. The highest BCUT2D eigenvalue weighted by Gasteiger charge is 2.29. The van der Waals surface area contributed by atoms with E-state index in [-0.39, 0.29) is 24.2 Å². The van der Waals surface area contributed by atoms with Crippen LogP contribution in [-0.4, -0.2) is 37.6 Å². The van der Waals surface area contributed by atoms with Gasteiger partial charge in [-0.3, -0.25) is 4.79 Å². The predicted octanol–water partition coefficient (Wildman–Crippen LogP) is 2.55. The lowest BCUT2D eigenvalue weighted by atomic mass is 10.0. The average Bonchev–Trinajstić information content (AvgIpc) is 2.63. The molecule has 0 spiro atoms. The Labute approximate surface area is 141 Å². The molecule has 0 aromatic heterocycles. The number of carbonyl (C=O) groups excluding carboxylic acids is 1. The number of amides is 1. The zero-order valence-corrected chi connectivity index (χ0v) is 13.7. The maximum absolute atomic E-state index is 13.0. The maximum Gasteiger partial charge on any atom is 0.227 e. The van der Waals surface area contributed by atoms with E-state index in [0.717, 1.165) is 23.4 Å². The second-order valence-corrected chi connectivity index (χ2v) is 5.85. The topological polar surface area (TPSA) is 41.6 Å². The van der Waals surface area contributed by atoms with Crippen molar-refractivity contribution in [3.63, 3.8) is 0 Å². The summed E-state index contributed by atoms with van der Waals surface area (Å²) in [7, 11) is 1.64. The molecule has 3 rings (SSSR count). The molecule has 1 fully saturated rings. The van der Waals surface area contributed by atoms with E-state index in [0.29, 0.717) is 13.1 Å². The Kier molecular flexibility index (Phi) is 5.11. The van der Waals surface area contributed by atoms with Crippen LogP contribution in [0, 0.1) is 5.82 Å². The third-order valence-electron chi connectivity index (χ3n) is 4.33. The van der Waals surface area contributed by atoms with Crippen molar-refractivity contribution in [3.8, 4) is 5.75 Å². The fraction of sp³-hybridized carbons (Fsp3) is 0.316. The van der Waals surface area contributed by atoms with Crippen LogP contribution >= 0.6 is 0 Å². The van der Waals surface area contributed by atoms with Crippen molar-refractivity contribution in [3.05, 3.63) is 65.5 Å². The van der Waals surface area contributed by atoms with Crippen molar-refractivity contribution in [1.82, 2.24) is 10.2 Å². The van der Waals surface area contributed by atoms with Crippen LogP contribution in [0.2, 0.25) is 0 Å². The van der Waals surface area contributed by atoms with Crippen molar-refractivity contribution in [2.75, 3.05) is 26.7 Å². The Morgan fingerprint density at radius 1 is 1.25 bits per heavy atom. The minimum absolute atomic E-state index is 0.0408. The van der Waals surface area contributed by atoms with Gasteiger partial charge < -0.3 is 15.0 Å². The molecular weight excluding hydrogens is 307 g/mol. The molecule has 0 bridgehead atoms. The second-order valence-electron chi connectivity index (χ2n) is 5.85. The molecule has 0 saturated carbocycles. The van der Waals surface area contributed by atoms with E-state index in [1.54, 1.807) is 19.2 Å². The van der Waals surface area contributed by atoms with Crippen molar-refractivity contribution in [1.29, 1.82) is 0 Å². The van der Waals surface area contributed by atoms with Gasteiger partial charge in [-0.2, -0.15) is 0 Å². The van der Waals surface area contributed by atoms with E-state index in [2.05, 4.69) is 5.32 Å². The van der Waals surface area contributed by atoms with Crippen LogP contribution in [0.4, 0.5) is 4.39 Å². The number of carbonyl (C=O) groups is 1. The van der Waals surface area contributed by atoms with E-state index in [4.69, 9.17) is 4.74 Å². The van der Waals surface area contributed by atoms with Crippen LogP contribution in [-0.2, 0) is 11.2 Å². The van der Waals surface area contributed by atoms with Gasteiger partial charge in [0.05, 0.1) is 19.6 Å². The van der Waals surface area contributed by atoms with Crippen molar-refractivity contribution >= 4 is 5.91 Å². The number of nitrogens with one attached hydrogen (secondary N) is 1. The number of nitrogens with zero attached hydrogens (tertiary/aromatic N) is 1. The molecule has 0 radical (unpaired) electrons. The Morgan fingerprint density at radius 2 is 2.00 bits per heavy atom. The molecule has 5 heteroatoms. The highest BCUT2D eigenvalue weighted by atomic mass is 19.1. The highest BCUT2D eigenvalue weighted by Crippen LogP contribution is 2.30. The lowest BCUT2D eigenvalue weighted by Crippen LogP contribution is -2.49. The second kappa shape index (κ2) is 7.45. The van der Waals surface area contributed by atoms with Crippen molar-refractivity contribution < 1.29 is 13.9 Å². The summed E-state index contributed by atoms with van der Waals surface area (Å²) in [6.45, 7) is 2.10. The van der Waals surface area contributed by atoms with Crippen molar-refractivity contribution in [2.24, 2.45) is 0 Å². The number of ether oxygens (including phenoxy) is 1.